The summed E-state index contributed by atoms with van der Waals surface area (Å²) in [5, 5.41) is 4.29. The number of esters is 1. The van der Waals surface area contributed by atoms with E-state index >= 15 is 0 Å². The molecule has 0 fully saturated rings. The van der Waals surface area contributed by atoms with E-state index in [0.717, 1.165) is 5.56 Å². The lowest BCUT2D eigenvalue weighted by atomic mass is 10.0. The maximum Gasteiger partial charge on any atom is 0.338 e. The third-order valence-corrected chi connectivity index (χ3v) is 2.93. The average Bonchev–Trinajstić information content (AvgIpc) is 2.46. The number of ether oxygens (including phenoxy) is 1. The zero-order valence-corrected chi connectivity index (χ0v) is 12.6. The van der Waals surface area contributed by atoms with Crippen LogP contribution < -0.4 is 10.6 Å². The lowest BCUT2D eigenvalue weighted by Crippen LogP contribution is -2.43. The molecule has 0 aliphatic rings. The van der Waals surface area contributed by atoms with Crippen LogP contribution in [-0.4, -0.2) is 31.1 Å². The average molecular weight is 292 g/mol. The summed E-state index contributed by atoms with van der Waals surface area (Å²) in [6.07, 6.45) is -1.06. The minimum atomic E-state index is -1.06. The van der Waals surface area contributed by atoms with Gasteiger partial charge in [-0.25, -0.2) is 9.59 Å². The van der Waals surface area contributed by atoms with Gasteiger partial charge in [0.05, 0.1) is 5.56 Å². The molecule has 0 aliphatic heterocycles. The first-order valence-electron chi connectivity index (χ1n) is 6.68. The van der Waals surface area contributed by atoms with E-state index in [2.05, 4.69) is 19.2 Å². The SMILES string of the molecule is CNC(=O)NC(=O)[C@H](C)OC(=O)c1ccc(C(C)C)cc1. The van der Waals surface area contributed by atoms with E-state index in [1.165, 1.54) is 14.0 Å². The topological polar surface area (TPSA) is 84.5 Å². The fourth-order valence-corrected chi connectivity index (χ4v) is 1.56. The van der Waals surface area contributed by atoms with Crippen molar-refractivity contribution in [3.05, 3.63) is 35.4 Å². The van der Waals surface area contributed by atoms with Gasteiger partial charge in [-0.2, -0.15) is 0 Å². The lowest BCUT2D eigenvalue weighted by molar-refractivity contribution is -0.127. The second kappa shape index (κ2) is 7.42. The number of carbonyl (C=O) groups is 3. The van der Waals surface area contributed by atoms with Gasteiger partial charge in [0.2, 0.25) is 0 Å². The summed E-state index contributed by atoms with van der Waals surface area (Å²) in [5.41, 5.74) is 1.47. The molecule has 0 spiro atoms. The van der Waals surface area contributed by atoms with Crippen LogP contribution in [0.5, 0.6) is 0 Å². The fourth-order valence-electron chi connectivity index (χ4n) is 1.56. The van der Waals surface area contributed by atoms with Gasteiger partial charge in [-0.1, -0.05) is 26.0 Å². The molecular formula is C15H20N2O4. The highest BCUT2D eigenvalue weighted by Crippen LogP contribution is 2.15. The predicted octanol–water partition coefficient (Wildman–Crippen LogP) is 1.81. The van der Waals surface area contributed by atoms with Crippen molar-refractivity contribution in [2.45, 2.75) is 32.8 Å². The highest BCUT2D eigenvalue weighted by atomic mass is 16.5. The molecule has 1 aromatic carbocycles. The summed E-state index contributed by atoms with van der Waals surface area (Å²) in [6, 6.07) is 6.35. The van der Waals surface area contributed by atoms with Gasteiger partial charge in [0.1, 0.15) is 0 Å². The number of benzene rings is 1. The maximum atomic E-state index is 11.9. The van der Waals surface area contributed by atoms with Crippen molar-refractivity contribution in [2.24, 2.45) is 0 Å². The Labute approximate surface area is 123 Å². The van der Waals surface area contributed by atoms with Crippen LogP contribution in [0, 0.1) is 0 Å². The molecule has 1 aromatic rings. The molecule has 2 N–H and O–H groups in total. The molecule has 3 amide bonds. The third kappa shape index (κ3) is 4.91. The Morgan fingerprint density at radius 1 is 1.05 bits per heavy atom. The zero-order valence-electron chi connectivity index (χ0n) is 12.6. The smallest absolute Gasteiger partial charge is 0.338 e. The Bertz CT molecular complexity index is 523. The zero-order chi connectivity index (χ0) is 16.0. The number of urea groups is 1. The summed E-state index contributed by atoms with van der Waals surface area (Å²) in [6.45, 7) is 5.51. The Kier molecular flexibility index (Phi) is 5.90. The summed E-state index contributed by atoms with van der Waals surface area (Å²) in [5.74, 6) is -0.918. The van der Waals surface area contributed by atoms with Crippen LogP contribution in [0.3, 0.4) is 0 Å². The normalized spacial score (nSPS) is 11.7. The number of carbonyl (C=O) groups excluding carboxylic acids is 3. The van der Waals surface area contributed by atoms with Crippen LogP contribution in [-0.2, 0) is 9.53 Å². The van der Waals surface area contributed by atoms with Crippen LogP contribution in [0.25, 0.3) is 0 Å². The molecular weight excluding hydrogens is 272 g/mol. The molecule has 0 saturated carbocycles. The van der Waals surface area contributed by atoms with Crippen molar-refractivity contribution in [3.63, 3.8) is 0 Å². The number of nitrogens with one attached hydrogen (secondary N) is 2. The third-order valence-electron chi connectivity index (χ3n) is 2.93. The predicted molar refractivity (Wildman–Crippen MR) is 78.0 cm³/mol. The number of rotatable bonds is 4. The van der Waals surface area contributed by atoms with Crippen LogP contribution in [0.15, 0.2) is 24.3 Å². The van der Waals surface area contributed by atoms with E-state index in [9.17, 15) is 14.4 Å². The van der Waals surface area contributed by atoms with Gasteiger partial charge in [-0.05, 0) is 30.5 Å². The number of imide groups is 1. The number of amides is 3. The van der Waals surface area contributed by atoms with Gasteiger partial charge < -0.3 is 10.1 Å². The molecule has 0 aromatic heterocycles. The molecule has 6 heteroatoms. The number of hydrogen-bond donors (Lipinski definition) is 2. The van der Waals surface area contributed by atoms with Gasteiger partial charge in [0, 0.05) is 7.05 Å². The summed E-state index contributed by atoms with van der Waals surface area (Å²) < 4.78 is 5.01. The molecule has 114 valence electrons. The first-order chi connectivity index (χ1) is 9.85. The van der Waals surface area contributed by atoms with Crippen molar-refractivity contribution < 1.29 is 19.1 Å². The lowest BCUT2D eigenvalue weighted by Gasteiger charge is -2.13. The number of hydrogen-bond acceptors (Lipinski definition) is 4. The highest BCUT2D eigenvalue weighted by molar-refractivity contribution is 5.98. The molecule has 1 atom stereocenters. The van der Waals surface area contributed by atoms with Gasteiger partial charge in [0.25, 0.3) is 5.91 Å². The maximum absolute atomic E-state index is 11.9. The largest absolute Gasteiger partial charge is 0.449 e. The summed E-state index contributed by atoms with van der Waals surface area (Å²) in [7, 11) is 1.38. The standard InChI is InChI=1S/C15H20N2O4/c1-9(2)11-5-7-12(8-6-11)14(19)21-10(3)13(18)17-15(20)16-4/h5-10H,1-4H3,(H2,16,17,18,20)/t10-/m0/s1. The first-order valence-corrected chi connectivity index (χ1v) is 6.68. The van der Waals surface area contributed by atoms with Crippen molar-refractivity contribution in [1.82, 2.24) is 10.6 Å². The van der Waals surface area contributed by atoms with Gasteiger partial charge in [-0.15, -0.1) is 0 Å². The van der Waals surface area contributed by atoms with Crippen LogP contribution in [0.1, 0.15) is 42.6 Å². The molecule has 1 rings (SSSR count). The summed E-state index contributed by atoms with van der Waals surface area (Å²) >= 11 is 0. The van der Waals surface area contributed by atoms with Crippen LogP contribution in [0.2, 0.25) is 0 Å². The van der Waals surface area contributed by atoms with Crippen LogP contribution >= 0.6 is 0 Å². The molecule has 0 bridgehead atoms. The highest BCUT2D eigenvalue weighted by Gasteiger charge is 2.20. The van der Waals surface area contributed by atoms with Crippen molar-refractivity contribution in [1.29, 1.82) is 0 Å². The Morgan fingerprint density at radius 2 is 1.62 bits per heavy atom. The molecule has 6 nitrogen and oxygen atoms in total. The van der Waals surface area contributed by atoms with Crippen LogP contribution in [0.4, 0.5) is 4.79 Å². The van der Waals surface area contributed by atoms with E-state index in [0.29, 0.717) is 11.5 Å². The van der Waals surface area contributed by atoms with E-state index in [1.54, 1.807) is 12.1 Å². The fraction of sp³-hybridized carbons (Fsp3) is 0.400. The van der Waals surface area contributed by atoms with Gasteiger partial charge in [-0.3, -0.25) is 10.1 Å². The second-order valence-corrected chi connectivity index (χ2v) is 4.89. The minimum absolute atomic E-state index is 0.360. The molecule has 0 saturated heterocycles. The van der Waals surface area contributed by atoms with E-state index in [-0.39, 0.29) is 0 Å². The Balaban J connectivity index is 2.63. The van der Waals surface area contributed by atoms with Gasteiger partial charge >= 0.3 is 12.0 Å². The molecule has 21 heavy (non-hydrogen) atoms. The Hall–Kier alpha value is -2.37. The van der Waals surface area contributed by atoms with E-state index < -0.39 is 24.0 Å². The molecule has 0 unspecified atom stereocenters. The van der Waals surface area contributed by atoms with E-state index in [1.807, 2.05) is 17.4 Å². The molecule has 0 heterocycles. The quantitative estimate of drug-likeness (QED) is 0.829. The second-order valence-electron chi connectivity index (χ2n) is 4.89. The van der Waals surface area contributed by atoms with E-state index in [4.69, 9.17) is 4.74 Å². The molecule has 0 aliphatic carbocycles. The van der Waals surface area contributed by atoms with Crippen molar-refractivity contribution in [3.8, 4) is 0 Å². The van der Waals surface area contributed by atoms with Crippen molar-refractivity contribution >= 4 is 17.9 Å². The van der Waals surface area contributed by atoms with Crippen molar-refractivity contribution in [2.75, 3.05) is 7.05 Å². The summed E-state index contributed by atoms with van der Waals surface area (Å²) in [4.78, 5) is 34.5. The van der Waals surface area contributed by atoms with Gasteiger partial charge in [0.15, 0.2) is 6.10 Å². The monoisotopic (exact) mass is 292 g/mol. The Morgan fingerprint density at radius 3 is 2.10 bits per heavy atom. The molecule has 0 radical (unpaired) electrons. The minimum Gasteiger partial charge on any atom is -0.449 e. The first kappa shape index (κ1) is 16.7.